The molecule has 9 heteroatoms. The van der Waals surface area contributed by atoms with Gasteiger partial charge in [-0.3, -0.25) is 4.90 Å². The van der Waals surface area contributed by atoms with Crippen LogP contribution in [0, 0.1) is 0 Å². The molecule has 1 aromatic carbocycles. The van der Waals surface area contributed by atoms with Gasteiger partial charge in [0.1, 0.15) is 11.5 Å². The number of benzene rings is 1. The summed E-state index contributed by atoms with van der Waals surface area (Å²) in [7, 11) is 5.63. The summed E-state index contributed by atoms with van der Waals surface area (Å²) in [5, 5.41) is 15.6. The van der Waals surface area contributed by atoms with E-state index >= 15 is 0 Å². The maximum Gasteiger partial charge on any atom is 0.328 e. The third-order valence-corrected chi connectivity index (χ3v) is 5.10. The highest BCUT2D eigenvalue weighted by Gasteiger charge is 2.29. The van der Waals surface area contributed by atoms with E-state index in [-0.39, 0.29) is 6.10 Å². The van der Waals surface area contributed by atoms with Crippen LogP contribution in [0.1, 0.15) is 17.2 Å². The first-order valence-electron chi connectivity index (χ1n) is 9.75. The second kappa shape index (κ2) is 11.5. The van der Waals surface area contributed by atoms with E-state index in [0.717, 1.165) is 57.3 Å². The van der Waals surface area contributed by atoms with E-state index in [1.165, 1.54) is 11.1 Å². The summed E-state index contributed by atoms with van der Waals surface area (Å²) in [6.45, 7) is 6.10. The Bertz CT molecular complexity index is 742. The molecule has 2 heterocycles. The average Bonchev–Trinajstić information content (AvgIpc) is 2.73. The number of nitrogens with zero attached hydrogens (tertiary/aromatic N) is 2. The molecule has 1 saturated heterocycles. The molecule has 0 amide bonds. The average molecular weight is 422 g/mol. The summed E-state index contributed by atoms with van der Waals surface area (Å²) in [6, 6.07) is 3.99. The molecule has 3 rings (SSSR count). The van der Waals surface area contributed by atoms with Gasteiger partial charge in [0.25, 0.3) is 0 Å². The van der Waals surface area contributed by atoms with Crippen LogP contribution >= 0.6 is 0 Å². The largest absolute Gasteiger partial charge is 0.496 e. The van der Waals surface area contributed by atoms with Crippen LogP contribution in [0.4, 0.5) is 0 Å². The van der Waals surface area contributed by atoms with Crippen LogP contribution in [0.5, 0.6) is 11.5 Å². The number of methoxy groups -OCH3 is 2. The Morgan fingerprint density at radius 2 is 1.63 bits per heavy atom. The molecule has 1 unspecified atom stereocenters. The van der Waals surface area contributed by atoms with Crippen molar-refractivity contribution in [2.75, 3.05) is 60.6 Å². The first-order chi connectivity index (χ1) is 14.3. The molecule has 0 radical (unpaired) electrons. The van der Waals surface area contributed by atoms with Gasteiger partial charge in [-0.05, 0) is 25.6 Å². The molecule has 1 fully saturated rings. The number of carboxylic acid groups (broad SMARTS) is 2. The number of likely N-dealkylation sites (N-methyl/N-ethyl adjacent to an activating group) is 1. The van der Waals surface area contributed by atoms with Crippen LogP contribution in [-0.2, 0) is 20.7 Å². The number of hydrogen-bond acceptors (Lipinski definition) is 7. The monoisotopic (exact) mass is 422 g/mol. The number of rotatable bonds is 6. The maximum absolute atomic E-state index is 9.55. The smallest absolute Gasteiger partial charge is 0.328 e. The van der Waals surface area contributed by atoms with Gasteiger partial charge in [0.15, 0.2) is 0 Å². The maximum atomic E-state index is 9.55. The molecule has 2 aliphatic heterocycles. The summed E-state index contributed by atoms with van der Waals surface area (Å²) in [4.78, 5) is 24.0. The molecule has 9 nitrogen and oxygen atoms in total. The quantitative estimate of drug-likeness (QED) is 0.655. The first kappa shape index (κ1) is 23.7. The number of carboxylic acids is 2. The fourth-order valence-corrected chi connectivity index (χ4v) is 3.54. The minimum absolute atomic E-state index is 0.0669. The molecule has 0 bridgehead atoms. The van der Waals surface area contributed by atoms with Crippen molar-refractivity contribution in [2.45, 2.75) is 12.5 Å². The molecule has 2 aliphatic rings. The highest BCUT2D eigenvalue weighted by atomic mass is 16.5. The highest BCUT2D eigenvalue weighted by Crippen LogP contribution is 2.40. The number of aliphatic carboxylic acids is 2. The summed E-state index contributed by atoms with van der Waals surface area (Å²) < 4.78 is 17.2. The van der Waals surface area contributed by atoms with E-state index in [9.17, 15) is 9.59 Å². The Morgan fingerprint density at radius 1 is 1.07 bits per heavy atom. The molecule has 0 aliphatic carbocycles. The fraction of sp³-hybridized carbons (Fsp3) is 0.524. The third-order valence-electron chi connectivity index (χ3n) is 5.10. The van der Waals surface area contributed by atoms with Crippen LogP contribution in [0.2, 0.25) is 0 Å². The molecule has 0 saturated carbocycles. The molecule has 2 N–H and O–H groups in total. The van der Waals surface area contributed by atoms with Gasteiger partial charge in [0.2, 0.25) is 0 Å². The van der Waals surface area contributed by atoms with Gasteiger partial charge in [-0.2, -0.15) is 0 Å². The van der Waals surface area contributed by atoms with E-state index in [0.29, 0.717) is 12.2 Å². The van der Waals surface area contributed by atoms with Crippen LogP contribution in [0.15, 0.2) is 24.3 Å². The Labute approximate surface area is 176 Å². The van der Waals surface area contributed by atoms with Crippen molar-refractivity contribution in [3.63, 3.8) is 0 Å². The minimum Gasteiger partial charge on any atom is -0.496 e. The number of fused-ring (bicyclic) bond motifs is 1. The summed E-state index contributed by atoms with van der Waals surface area (Å²) in [5.41, 5.74) is 2.42. The van der Waals surface area contributed by atoms with Crippen molar-refractivity contribution < 1.29 is 34.0 Å². The molecule has 30 heavy (non-hydrogen) atoms. The Hall–Kier alpha value is -2.62. The van der Waals surface area contributed by atoms with Crippen LogP contribution in [0.25, 0.3) is 0 Å². The summed E-state index contributed by atoms with van der Waals surface area (Å²) in [6.07, 6.45) is 2.07. The normalized spacial score (nSPS) is 19.5. The van der Waals surface area contributed by atoms with E-state index in [2.05, 4.69) is 16.8 Å². The van der Waals surface area contributed by atoms with Crippen molar-refractivity contribution >= 4 is 11.9 Å². The van der Waals surface area contributed by atoms with Gasteiger partial charge in [0, 0.05) is 56.0 Å². The van der Waals surface area contributed by atoms with Gasteiger partial charge < -0.3 is 29.3 Å². The molecule has 1 atom stereocenters. The van der Waals surface area contributed by atoms with E-state index in [1.807, 2.05) is 12.1 Å². The van der Waals surface area contributed by atoms with Gasteiger partial charge in [-0.15, -0.1) is 0 Å². The van der Waals surface area contributed by atoms with Gasteiger partial charge >= 0.3 is 11.9 Å². The predicted octanol–water partition coefficient (Wildman–Crippen LogP) is 1.28. The van der Waals surface area contributed by atoms with E-state index < -0.39 is 11.9 Å². The number of ether oxygens (including phenoxy) is 3. The minimum atomic E-state index is -1.26. The third kappa shape index (κ3) is 6.72. The lowest BCUT2D eigenvalue weighted by Crippen LogP contribution is -2.46. The molecular weight excluding hydrogens is 392 g/mol. The summed E-state index contributed by atoms with van der Waals surface area (Å²) in [5.74, 6) is -0.656. The van der Waals surface area contributed by atoms with Crippen LogP contribution in [-0.4, -0.2) is 92.5 Å². The topological polar surface area (TPSA) is 109 Å². The standard InChI is InChI=1S/C17H26N2O3.C4H4O4/c1-18-7-9-19(10-8-18)12-16-17-13(6-11-22-16)14(20-2)4-5-15(17)21-3;5-3(6)1-2-4(7)8/h4-5,16H,6-12H2,1-3H3;1-2H,(H,5,6)(H,7,8)/b;2-1+. The van der Waals surface area contributed by atoms with Crippen LogP contribution < -0.4 is 9.47 Å². The Balaban J connectivity index is 0.000000343. The number of carbonyl (C=O) groups is 2. The van der Waals surface area contributed by atoms with Gasteiger partial charge in [-0.1, -0.05) is 0 Å². The lowest BCUT2D eigenvalue weighted by Gasteiger charge is -2.36. The van der Waals surface area contributed by atoms with Crippen molar-refractivity contribution in [1.82, 2.24) is 9.80 Å². The van der Waals surface area contributed by atoms with E-state index in [4.69, 9.17) is 24.4 Å². The zero-order valence-electron chi connectivity index (χ0n) is 17.7. The SMILES string of the molecule is COc1ccc(OC)c2c1CCOC2CN1CCN(C)CC1.O=C(O)/C=C/C(=O)O. The second-order valence-corrected chi connectivity index (χ2v) is 7.09. The second-order valence-electron chi connectivity index (χ2n) is 7.09. The lowest BCUT2D eigenvalue weighted by atomic mass is 9.95. The van der Waals surface area contributed by atoms with Crippen molar-refractivity contribution in [1.29, 1.82) is 0 Å². The van der Waals surface area contributed by atoms with Crippen molar-refractivity contribution in [3.05, 3.63) is 35.4 Å². The Morgan fingerprint density at radius 3 is 2.17 bits per heavy atom. The molecular formula is C21H30N2O7. The fourth-order valence-electron chi connectivity index (χ4n) is 3.54. The number of hydrogen-bond donors (Lipinski definition) is 2. The van der Waals surface area contributed by atoms with Crippen molar-refractivity contribution in [2.24, 2.45) is 0 Å². The van der Waals surface area contributed by atoms with Crippen molar-refractivity contribution in [3.8, 4) is 11.5 Å². The molecule has 1 aromatic rings. The molecule has 166 valence electrons. The zero-order valence-corrected chi connectivity index (χ0v) is 17.7. The number of piperazine rings is 1. The zero-order chi connectivity index (χ0) is 22.1. The first-order valence-corrected chi connectivity index (χ1v) is 9.75. The molecule has 0 aromatic heterocycles. The van der Waals surface area contributed by atoms with Gasteiger partial charge in [0.05, 0.1) is 26.9 Å². The Kier molecular flexibility index (Phi) is 9.10. The highest BCUT2D eigenvalue weighted by molar-refractivity contribution is 5.89. The van der Waals surface area contributed by atoms with Gasteiger partial charge in [-0.25, -0.2) is 9.59 Å². The summed E-state index contributed by atoms with van der Waals surface area (Å²) >= 11 is 0. The van der Waals surface area contributed by atoms with E-state index in [1.54, 1.807) is 14.2 Å². The lowest BCUT2D eigenvalue weighted by molar-refractivity contribution is -0.134. The van der Waals surface area contributed by atoms with Crippen LogP contribution in [0.3, 0.4) is 0 Å². The predicted molar refractivity (Wildman–Crippen MR) is 110 cm³/mol. The molecule has 0 spiro atoms.